The van der Waals surface area contributed by atoms with Gasteiger partial charge in [-0.1, -0.05) is 18.6 Å². The molecule has 1 heteroatoms. The smallest absolute Gasteiger partial charge is 0.00734 e. The summed E-state index contributed by atoms with van der Waals surface area (Å²) in [4.78, 5) is 0. The molecule has 0 radical (unpaired) electrons. The van der Waals surface area contributed by atoms with Crippen molar-refractivity contribution >= 4 is 0 Å². The summed E-state index contributed by atoms with van der Waals surface area (Å²) in [6.45, 7) is 2.16. The van der Waals surface area contributed by atoms with Crippen molar-refractivity contribution in [3.63, 3.8) is 0 Å². The molecular weight excluding hydrogens is 134 g/mol. The predicted molar refractivity (Wildman–Crippen MR) is 49.4 cm³/mol. The zero-order valence-electron chi connectivity index (χ0n) is 7.47. The second kappa shape index (κ2) is 4.55. The molecule has 1 aliphatic carbocycles. The van der Waals surface area contributed by atoms with Gasteiger partial charge in [-0.15, -0.1) is 0 Å². The van der Waals surface area contributed by atoms with E-state index in [0.717, 1.165) is 12.8 Å². The molecule has 0 amide bonds. The highest BCUT2D eigenvalue weighted by Crippen LogP contribution is 2.21. The summed E-state index contributed by atoms with van der Waals surface area (Å²) in [5.74, 6) is 0. The van der Waals surface area contributed by atoms with Crippen LogP contribution in [0.15, 0.2) is 11.6 Å². The van der Waals surface area contributed by atoms with E-state index in [4.69, 9.17) is 5.73 Å². The first-order chi connectivity index (χ1) is 5.33. The highest BCUT2D eigenvalue weighted by molar-refractivity contribution is 5.06. The van der Waals surface area contributed by atoms with Crippen LogP contribution >= 0.6 is 0 Å². The van der Waals surface area contributed by atoms with Gasteiger partial charge in [0.2, 0.25) is 0 Å². The number of hydrogen-bond donors (Lipinski definition) is 1. The van der Waals surface area contributed by atoms with E-state index in [9.17, 15) is 0 Å². The van der Waals surface area contributed by atoms with Gasteiger partial charge in [0, 0.05) is 6.04 Å². The quantitative estimate of drug-likeness (QED) is 0.620. The molecule has 11 heavy (non-hydrogen) atoms. The van der Waals surface area contributed by atoms with Crippen molar-refractivity contribution in [2.75, 3.05) is 0 Å². The van der Waals surface area contributed by atoms with E-state index in [0.29, 0.717) is 6.04 Å². The Morgan fingerprint density at radius 3 is 2.91 bits per heavy atom. The minimum atomic E-state index is 0.402. The third-order valence-electron chi connectivity index (χ3n) is 2.43. The van der Waals surface area contributed by atoms with Crippen molar-refractivity contribution in [1.82, 2.24) is 0 Å². The molecule has 0 spiro atoms. The van der Waals surface area contributed by atoms with Crippen LogP contribution in [0.3, 0.4) is 0 Å². The lowest BCUT2D eigenvalue weighted by atomic mass is 9.94. The zero-order valence-corrected chi connectivity index (χ0v) is 7.47. The summed E-state index contributed by atoms with van der Waals surface area (Å²) in [7, 11) is 0. The fourth-order valence-corrected chi connectivity index (χ4v) is 1.57. The minimum absolute atomic E-state index is 0.402. The van der Waals surface area contributed by atoms with Crippen LogP contribution in [0.2, 0.25) is 0 Å². The summed E-state index contributed by atoms with van der Waals surface area (Å²) in [5, 5.41) is 0. The van der Waals surface area contributed by atoms with Crippen molar-refractivity contribution in [1.29, 1.82) is 0 Å². The van der Waals surface area contributed by atoms with E-state index in [-0.39, 0.29) is 0 Å². The molecule has 1 nitrogen and oxygen atoms in total. The standard InChI is InChI=1S/C10H19N/c1-2-10(11)8-9-6-4-3-5-7-9/h6,10H,2-5,7-8,11H2,1H3. The summed E-state index contributed by atoms with van der Waals surface area (Å²) in [6.07, 6.45) is 9.97. The molecule has 0 fully saturated rings. The van der Waals surface area contributed by atoms with Gasteiger partial charge < -0.3 is 5.73 Å². The minimum Gasteiger partial charge on any atom is -0.327 e. The summed E-state index contributed by atoms with van der Waals surface area (Å²) < 4.78 is 0. The highest BCUT2D eigenvalue weighted by Gasteiger charge is 2.06. The van der Waals surface area contributed by atoms with E-state index >= 15 is 0 Å². The van der Waals surface area contributed by atoms with E-state index < -0.39 is 0 Å². The largest absolute Gasteiger partial charge is 0.327 e. The van der Waals surface area contributed by atoms with E-state index in [1.165, 1.54) is 25.7 Å². The fourth-order valence-electron chi connectivity index (χ4n) is 1.57. The van der Waals surface area contributed by atoms with Crippen LogP contribution in [-0.4, -0.2) is 6.04 Å². The Hall–Kier alpha value is -0.300. The monoisotopic (exact) mass is 153 g/mol. The maximum absolute atomic E-state index is 5.86. The van der Waals surface area contributed by atoms with Gasteiger partial charge in [0.05, 0.1) is 0 Å². The fraction of sp³-hybridized carbons (Fsp3) is 0.800. The Labute approximate surface area is 69.7 Å². The van der Waals surface area contributed by atoms with Crippen molar-refractivity contribution in [3.05, 3.63) is 11.6 Å². The number of allylic oxidation sites excluding steroid dienone is 1. The van der Waals surface area contributed by atoms with Gasteiger partial charge in [-0.05, 0) is 38.5 Å². The summed E-state index contributed by atoms with van der Waals surface area (Å²) in [5.41, 5.74) is 7.47. The Morgan fingerprint density at radius 2 is 2.36 bits per heavy atom. The average Bonchev–Trinajstić information content (AvgIpc) is 2.06. The second-order valence-electron chi connectivity index (χ2n) is 3.48. The average molecular weight is 153 g/mol. The Balaban J connectivity index is 2.29. The maximum atomic E-state index is 5.86. The number of rotatable bonds is 3. The first-order valence-corrected chi connectivity index (χ1v) is 4.76. The maximum Gasteiger partial charge on any atom is 0.00734 e. The Kier molecular flexibility index (Phi) is 3.64. The molecule has 0 saturated carbocycles. The highest BCUT2D eigenvalue weighted by atomic mass is 14.6. The topological polar surface area (TPSA) is 26.0 Å². The van der Waals surface area contributed by atoms with Gasteiger partial charge in [-0.25, -0.2) is 0 Å². The molecule has 0 aromatic heterocycles. The van der Waals surface area contributed by atoms with E-state index in [1.54, 1.807) is 5.57 Å². The molecule has 0 aliphatic heterocycles. The van der Waals surface area contributed by atoms with Gasteiger partial charge >= 0.3 is 0 Å². The molecular formula is C10H19N. The Morgan fingerprint density at radius 1 is 1.55 bits per heavy atom. The molecule has 1 rings (SSSR count). The van der Waals surface area contributed by atoms with Crippen LogP contribution in [0.5, 0.6) is 0 Å². The van der Waals surface area contributed by atoms with Crippen LogP contribution in [0.4, 0.5) is 0 Å². The molecule has 64 valence electrons. The van der Waals surface area contributed by atoms with Gasteiger partial charge in [-0.2, -0.15) is 0 Å². The predicted octanol–water partition coefficient (Wildman–Crippen LogP) is 2.61. The van der Waals surface area contributed by atoms with Crippen molar-refractivity contribution in [3.8, 4) is 0 Å². The molecule has 0 heterocycles. The van der Waals surface area contributed by atoms with Gasteiger partial charge in [0.1, 0.15) is 0 Å². The molecule has 0 aromatic carbocycles. The lowest BCUT2D eigenvalue weighted by molar-refractivity contribution is 0.596. The molecule has 1 aliphatic rings. The third kappa shape index (κ3) is 3.06. The van der Waals surface area contributed by atoms with Crippen molar-refractivity contribution in [2.24, 2.45) is 5.73 Å². The zero-order chi connectivity index (χ0) is 8.10. The molecule has 1 unspecified atom stereocenters. The molecule has 2 N–H and O–H groups in total. The third-order valence-corrected chi connectivity index (χ3v) is 2.43. The van der Waals surface area contributed by atoms with Crippen molar-refractivity contribution < 1.29 is 0 Å². The van der Waals surface area contributed by atoms with Crippen LogP contribution in [-0.2, 0) is 0 Å². The van der Waals surface area contributed by atoms with Gasteiger partial charge in [0.15, 0.2) is 0 Å². The van der Waals surface area contributed by atoms with Gasteiger partial charge in [0.25, 0.3) is 0 Å². The van der Waals surface area contributed by atoms with E-state index in [2.05, 4.69) is 13.0 Å². The second-order valence-corrected chi connectivity index (χ2v) is 3.48. The molecule has 0 aromatic rings. The van der Waals surface area contributed by atoms with E-state index in [1.807, 2.05) is 0 Å². The number of nitrogens with two attached hydrogens (primary N) is 1. The first kappa shape index (κ1) is 8.79. The first-order valence-electron chi connectivity index (χ1n) is 4.76. The Bertz CT molecular complexity index is 138. The lowest BCUT2D eigenvalue weighted by Crippen LogP contribution is -2.19. The van der Waals surface area contributed by atoms with Crippen LogP contribution in [0.1, 0.15) is 45.4 Å². The SMILES string of the molecule is CCC(N)CC1=CCCCC1. The molecule has 0 bridgehead atoms. The summed E-state index contributed by atoms with van der Waals surface area (Å²) in [6, 6.07) is 0.402. The molecule has 0 saturated heterocycles. The number of hydrogen-bond acceptors (Lipinski definition) is 1. The normalized spacial score (nSPS) is 21.1. The van der Waals surface area contributed by atoms with Gasteiger partial charge in [-0.3, -0.25) is 0 Å². The van der Waals surface area contributed by atoms with Crippen LogP contribution in [0.25, 0.3) is 0 Å². The molecule has 1 atom stereocenters. The van der Waals surface area contributed by atoms with Crippen LogP contribution < -0.4 is 5.73 Å². The lowest BCUT2D eigenvalue weighted by Gasteiger charge is -2.15. The summed E-state index contributed by atoms with van der Waals surface area (Å²) >= 11 is 0. The van der Waals surface area contributed by atoms with Crippen LogP contribution in [0, 0.1) is 0 Å². The van der Waals surface area contributed by atoms with Crippen molar-refractivity contribution in [2.45, 2.75) is 51.5 Å².